The van der Waals surface area contributed by atoms with Gasteiger partial charge in [-0.25, -0.2) is 4.68 Å². The Morgan fingerprint density at radius 3 is 2.76 bits per heavy atom. The fourth-order valence-electron chi connectivity index (χ4n) is 2.16. The normalized spacial score (nSPS) is 15.1. The fourth-order valence-corrected chi connectivity index (χ4v) is 2.16. The van der Waals surface area contributed by atoms with Gasteiger partial charge in [-0.1, -0.05) is 5.21 Å². The molecule has 1 aromatic rings. The van der Waals surface area contributed by atoms with E-state index in [4.69, 9.17) is 9.84 Å². The van der Waals surface area contributed by atoms with E-state index in [0.29, 0.717) is 39.1 Å². The monoisotopic (exact) mass is 296 g/mol. The summed E-state index contributed by atoms with van der Waals surface area (Å²) >= 11 is 0. The van der Waals surface area contributed by atoms with Gasteiger partial charge in [-0.3, -0.25) is 9.59 Å². The highest BCUT2D eigenvalue weighted by molar-refractivity contribution is 5.75. The van der Waals surface area contributed by atoms with E-state index in [0.717, 1.165) is 12.1 Å². The highest BCUT2D eigenvalue weighted by Crippen LogP contribution is 2.04. The molecule has 2 rings (SSSR count). The van der Waals surface area contributed by atoms with E-state index in [-0.39, 0.29) is 18.9 Å². The average molecular weight is 296 g/mol. The molecule has 0 aliphatic carbocycles. The molecule has 1 aliphatic rings. The molecule has 0 unspecified atom stereocenters. The lowest BCUT2D eigenvalue weighted by atomic mass is 10.1. The quantitative estimate of drug-likeness (QED) is 0.708. The van der Waals surface area contributed by atoms with Crippen LogP contribution in [0.15, 0.2) is 6.20 Å². The molecule has 1 fully saturated rings. The van der Waals surface area contributed by atoms with Crippen LogP contribution >= 0.6 is 0 Å². The number of carbonyl (C=O) groups excluding carboxylic acids is 1. The lowest BCUT2D eigenvalue weighted by molar-refractivity contribution is -0.137. The van der Waals surface area contributed by atoms with Crippen LogP contribution in [0.1, 0.15) is 25.0 Å². The molecule has 0 aromatic carbocycles. The summed E-state index contributed by atoms with van der Waals surface area (Å²) < 4.78 is 6.74. The number of unbranched alkanes of at least 4 members (excludes halogenated alkanes) is 1. The Bertz CT molecular complexity index is 482. The molecule has 1 aliphatic heterocycles. The predicted molar refractivity (Wildman–Crippen MR) is 72.6 cm³/mol. The topological polar surface area (TPSA) is 97.5 Å². The van der Waals surface area contributed by atoms with E-state index in [2.05, 4.69) is 10.3 Å². The molecule has 1 saturated heterocycles. The Labute approximate surface area is 122 Å². The van der Waals surface area contributed by atoms with Crippen LogP contribution in [0.3, 0.4) is 0 Å². The zero-order valence-electron chi connectivity index (χ0n) is 11.9. The molecule has 0 radical (unpaired) electrons. The highest BCUT2D eigenvalue weighted by atomic mass is 16.5. The Morgan fingerprint density at radius 2 is 2.05 bits per heavy atom. The number of morpholine rings is 1. The first-order valence-electron chi connectivity index (χ1n) is 7.11. The Balaban J connectivity index is 1.74. The number of aryl methyl sites for hydroxylation is 1. The van der Waals surface area contributed by atoms with Gasteiger partial charge in [-0.2, -0.15) is 0 Å². The number of nitrogens with zero attached hydrogens (tertiary/aromatic N) is 4. The Kier molecular flexibility index (Phi) is 5.68. The molecule has 0 spiro atoms. The van der Waals surface area contributed by atoms with Crippen molar-refractivity contribution >= 4 is 11.9 Å². The maximum Gasteiger partial charge on any atom is 0.303 e. The summed E-state index contributed by atoms with van der Waals surface area (Å²) in [4.78, 5) is 24.2. The zero-order chi connectivity index (χ0) is 15.1. The molecule has 21 heavy (non-hydrogen) atoms. The van der Waals surface area contributed by atoms with Crippen LogP contribution < -0.4 is 0 Å². The third-order valence-corrected chi connectivity index (χ3v) is 3.32. The van der Waals surface area contributed by atoms with Gasteiger partial charge >= 0.3 is 5.97 Å². The van der Waals surface area contributed by atoms with Gasteiger partial charge in [0.25, 0.3) is 0 Å². The smallest absolute Gasteiger partial charge is 0.303 e. The lowest BCUT2D eigenvalue weighted by Gasteiger charge is -2.26. The van der Waals surface area contributed by atoms with Crippen molar-refractivity contribution in [2.75, 3.05) is 26.3 Å². The summed E-state index contributed by atoms with van der Waals surface area (Å²) in [5.74, 6) is -0.768. The minimum Gasteiger partial charge on any atom is -0.481 e. The maximum absolute atomic E-state index is 12.0. The number of aliphatic carboxylic acids is 1. The molecular weight excluding hydrogens is 276 g/mol. The van der Waals surface area contributed by atoms with Crippen LogP contribution in [0.4, 0.5) is 0 Å². The number of aromatic nitrogens is 3. The molecule has 0 atom stereocenters. The molecule has 1 aromatic heterocycles. The van der Waals surface area contributed by atoms with Crippen LogP contribution in [0.2, 0.25) is 0 Å². The summed E-state index contributed by atoms with van der Waals surface area (Å²) in [5, 5.41) is 16.5. The average Bonchev–Trinajstić information content (AvgIpc) is 2.92. The van der Waals surface area contributed by atoms with Gasteiger partial charge in [0, 0.05) is 25.7 Å². The first kappa shape index (κ1) is 15.4. The molecule has 0 bridgehead atoms. The second-order valence-electron chi connectivity index (χ2n) is 5.00. The number of rotatable bonds is 7. The summed E-state index contributed by atoms with van der Waals surface area (Å²) in [7, 11) is 0. The lowest BCUT2D eigenvalue weighted by Crippen LogP contribution is -2.42. The maximum atomic E-state index is 12.0. The Morgan fingerprint density at radius 1 is 1.29 bits per heavy atom. The van der Waals surface area contributed by atoms with Gasteiger partial charge in [-0.05, 0) is 19.3 Å². The van der Waals surface area contributed by atoms with Gasteiger partial charge in [0.15, 0.2) is 0 Å². The number of ether oxygens (including phenoxy) is 1. The first-order valence-corrected chi connectivity index (χ1v) is 7.11. The second kappa shape index (κ2) is 7.72. The van der Waals surface area contributed by atoms with Gasteiger partial charge in [0.2, 0.25) is 5.91 Å². The molecule has 8 nitrogen and oxygen atoms in total. The number of hydrogen-bond donors (Lipinski definition) is 1. The second-order valence-corrected chi connectivity index (χ2v) is 5.00. The van der Waals surface area contributed by atoms with E-state index >= 15 is 0 Å². The van der Waals surface area contributed by atoms with Crippen molar-refractivity contribution in [3.63, 3.8) is 0 Å². The van der Waals surface area contributed by atoms with Gasteiger partial charge in [0.05, 0.1) is 18.9 Å². The van der Waals surface area contributed by atoms with Crippen LogP contribution in [-0.4, -0.2) is 63.2 Å². The molecule has 116 valence electrons. The minimum atomic E-state index is -0.783. The van der Waals surface area contributed by atoms with Crippen LogP contribution in [-0.2, 0) is 27.3 Å². The summed E-state index contributed by atoms with van der Waals surface area (Å²) in [5.41, 5.74) is 0.787. The van der Waals surface area contributed by atoms with E-state index in [1.54, 1.807) is 11.1 Å². The van der Waals surface area contributed by atoms with E-state index < -0.39 is 5.97 Å². The summed E-state index contributed by atoms with van der Waals surface area (Å²) in [6, 6.07) is 0. The van der Waals surface area contributed by atoms with E-state index in [9.17, 15) is 9.59 Å². The molecule has 1 N–H and O–H groups in total. The minimum absolute atomic E-state index is 0.0145. The van der Waals surface area contributed by atoms with Gasteiger partial charge in [0.1, 0.15) is 6.54 Å². The van der Waals surface area contributed by atoms with Crippen molar-refractivity contribution in [3.05, 3.63) is 11.9 Å². The van der Waals surface area contributed by atoms with Crippen LogP contribution in [0.5, 0.6) is 0 Å². The SMILES string of the molecule is O=C(O)CCCCc1cn(CC(=O)N2CCOCC2)nn1. The number of amides is 1. The summed E-state index contributed by atoms with van der Waals surface area (Å²) in [6.45, 7) is 2.59. The van der Waals surface area contributed by atoms with Crippen molar-refractivity contribution < 1.29 is 19.4 Å². The van der Waals surface area contributed by atoms with E-state index in [1.165, 1.54) is 4.68 Å². The molecule has 0 saturated carbocycles. The highest BCUT2D eigenvalue weighted by Gasteiger charge is 2.17. The first-order chi connectivity index (χ1) is 10.1. The molecule has 8 heteroatoms. The van der Waals surface area contributed by atoms with Crippen molar-refractivity contribution in [1.29, 1.82) is 0 Å². The van der Waals surface area contributed by atoms with E-state index in [1.807, 2.05) is 0 Å². The van der Waals surface area contributed by atoms with Crippen molar-refractivity contribution in [1.82, 2.24) is 19.9 Å². The van der Waals surface area contributed by atoms with Crippen molar-refractivity contribution in [2.24, 2.45) is 0 Å². The zero-order valence-corrected chi connectivity index (χ0v) is 11.9. The van der Waals surface area contributed by atoms with Gasteiger partial charge in [-0.15, -0.1) is 5.10 Å². The largest absolute Gasteiger partial charge is 0.481 e. The molecular formula is C13H20N4O4. The Hall–Kier alpha value is -1.96. The third-order valence-electron chi connectivity index (χ3n) is 3.32. The third kappa shape index (κ3) is 5.14. The predicted octanol–water partition coefficient (Wildman–Crippen LogP) is -0.0657. The summed E-state index contributed by atoms with van der Waals surface area (Å²) in [6.07, 6.45) is 3.97. The molecule has 2 heterocycles. The van der Waals surface area contributed by atoms with Gasteiger partial charge < -0.3 is 14.7 Å². The number of carbonyl (C=O) groups is 2. The number of carboxylic acids is 1. The molecule has 1 amide bonds. The number of hydrogen-bond acceptors (Lipinski definition) is 5. The standard InChI is InChI=1S/C13H20N4O4/c18-12(16-5-7-21-8-6-16)10-17-9-11(14-15-17)3-1-2-4-13(19)20/h9H,1-8,10H2,(H,19,20). The fraction of sp³-hybridized carbons (Fsp3) is 0.692. The van der Waals surface area contributed by atoms with Crippen molar-refractivity contribution in [2.45, 2.75) is 32.2 Å². The number of carboxylic acid groups (broad SMARTS) is 1. The van der Waals surface area contributed by atoms with Crippen LogP contribution in [0.25, 0.3) is 0 Å². The van der Waals surface area contributed by atoms with Crippen LogP contribution in [0, 0.1) is 0 Å². The van der Waals surface area contributed by atoms with Crippen molar-refractivity contribution in [3.8, 4) is 0 Å².